The van der Waals surface area contributed by atoms with Gasteiger partial charge in [0.1, 0.15) is 0 Å². The molecule has 0 N–H and O–H groups in total. The third-order valence-electron chi connectivity index (χ3n) is 5.06. The Morgan fingerprint density at radius 1 is 0.806 bits per heavy atom. The minimum atomic E-state index is 0.219. The largest absolute Gasteiger partial charge is 0.282 e. The van der Waals surface area contributed by atoms with E-state index in [-0.39, 0.29) is 5.91 Å². The summed E-state index contributed by atoms with van der Waals surface area (Å²) in [5, 5.41) is 0. The smallest absolute Gasteiger partial charge is 0.232 e. The van der Waals surface area contributed by atoms with Gasteiger partial charge in [-0.3, -0.25) is 9.10 Å². The molecule has 0 radical (unpaired) electrons. The van der Waals surface area contributed by atoms with Crippen molar-refractivity contribution >= 4 is 23.4 Å². The molecular weight excluding hydrogens is 398 g/mol. The Labute approximate surface area is 191 Å². The molecule has 0 aromatic heterocycles. The fourth-order valence-corrected chi connectivity index (χ4v) is 4.34. The number of carbonyl (C=O) groups excluding carboxylic acids is 1. The Hall–Kier alpha value is -2.78. The van der Waals surface area contributed by atoms with Gasteiger partial charge in [0.2, 0.25) is 5.91 Å². The topological polar surface area (TPSA) is 20.3 Å². The van der Waals surface area contributed by atoms with E-state index in [2.05, 4.69) is 73.7 Å². The molecule has 0 aliphatic heterocycles. The molecule has 3 rings (SSSR count). The van der Waals surface area contributed by atoms with Gasteiger partial charge < -0.3 is 0 Å². The van der Waals surface area contributed by atoms with E-state index >= 15 is 0 Å². The SMILES string of the molecule is CCCCN(Sc1ccccc1)C(=O)CCCC=C(c1ccccc1)c1ccccc1. The Bertz CT molecular complexity index is 897. The number of allylic oxidation sites excluding steroid dienone is 1. The monoisotopic (exact) mass is 429 g/mol. The molecule has 0 atom stereocenters. The second-order valence-electron chi connectivity index (χ2n) is 7.50. The second kappa shape index (κ2) is 12.8. The highest BCUT2D eigenvalue weighted by Gasteiger charge is 2.14. The van der Waals surface area contributed by atoms with Crippen LogP contribution in [-0.4, -0.2) is 16.8 Å². The number of nitrogens with zero attached hydrogens (tertiary/aromatic N) is 1. The van der Waals surface area contributed by atoms with E-state index in [4.69, 9.17) is 0 Å². The fraction of sp³-hybridized carbons (Fsp3) is 0.250. The molecule has 31 heavy (non-hydrogen) atoms. The number of carbonyl (C=O) groups is 1. The summed E-state index contributed by atoms with van der Waals surface area (Å²) in [5.74, 6) is 0.219. The maximum Gasteiger partial charge on any atom is 0.232 e. The van der Waals surface area contributed by atoms with Crippen LogP contribution in [-0.2, 0) is 4.79 Å². The van der Waals surface area contributed by atoms with Crippen molar-refractivity contribution in [2.45, 2.75) is 43.9 Å². The number of benzene rings is 3. The molecule has 0 fully saturated rings. The van der Waals surface area contributed by atoms with Crippen LogP contribution in [0.3, 0.4) is 0 Å². The maximum atomic E-state index is 12.9. The van der Waals surface area contributed by atoms with Crippen molar-refractivity contribution in [1.82, 2.24) is 4.31 Å². The van der Waals surface area contributed by atoms with E-state index in [1.54, 1.807) is 11.9 Å². The first-order valence-corrected chi connectivity index (χ1v) is 11.9. The van der Waals surface area contributed by atoms with Crippen molar-refractivity contribution in [2.24, 2.45) is 0 Å². The lowest BCUT2D eigenvalue weighted by atomic mass is 9.96. The molecule has 0 spiro atoms. The van der Waals surface area contributed by atoms with E-state index < -0.39 is 0 Å². The lowest BCUT2D eigenvalue weighted by Crippen LogP contribution is -2.25. The Morgan fingerprint density at radius 2 is 1.35 bits per heavy atom. The summed E-state index contributed by atoms with van der Waals surface area (Å²) in [6, 6.07) is 31.1. The molecule has 1 amide bonds. The molecule has 160 valence electrons. The molecule has 0 aliphatic carbocycles. The summed E-state index contributed by atoms with van der Waals surface area (Å²) >= 11 is 1.56. The van der Waals surface area contributed by atoms with Gasteiger partial charge in [-0.2, -0.15) is 0 Å². The van der Waals surface area contributed by atoms with Gasteiger partial charge in [0, 0.05) is 17.9 Å². The summed E-state index contributed by atoms with van der Waals surface area (Å²) in [5.41, 5.74) is 3.66. The van der Waals surface area contributed by atoms with Gasteiger partial charge in [0.25, 0.3) is 0 Å². The van der Waals surface area contributed by atoms with Crippen molar-refractivity contribution < 1.29 is 4.79 Å². The van der Waals surface area contributed by atoms with E-state index in [0.29, 0.717) is 6.42 Å². The molecule has 0 saturated carbocycles. The number of rotatable bonds is 11. The van der Waals surface area contributed by atoms with Crippen LogP contribution < -0.4 is 0 Å². The van der Waals surface area contributed by atoms with E-state index in [0.717, 1.165) is 37.1 Å². The van der Waals surface area contributed by atoms with Crippen LogP contribution in [0.25, 0.3) is 5.57 Å². The van der Waals surface area contributed by atoms with Crippen LogP contribution in [0.4, 0.5) is 0 Å². The van der Waals surface area contributed by atoms with Crippen LogP contribution >= 0.6 is 11.9 Å². The highest BCUT2D eigenvalue weighted by molar-refractivity contribution is 7.97. The first-order valence-electron chi connectivity index (χ1n) is 11.1. The number of hydrogen-bond acceptors (Lipinski definition) is 2. The Balaban J connectivity index is 1.62. The second-order valence-corrected chi connectivity index (χ2v) is 8.59. The normalized spacial score (nSPS) is 10.5. The standard InChI is InChI=1S/C28H31NOS/c1-2-3-23-29(31-26-19-11-6-12-20-26)28(30)22-14-13-21-27(24-15-7-4-8-16-24)25-17-9-5-10-18-25/h4-12,15-21H,2-3,13-14,22-23H2,1H3. The Kier molecular flexibility index (Phi) is 9.46. The number of unbranched alkanes of at least 4 members (excludes halogenated alkanes) is 2. The van der Waals surface area contributed by atoms with E-state index in [1.165, 1.54) is 16.7 Å². The van der Waals surface area contributed by atoms with Gasteiger partial charge in [-0.1, -0.05) is 98.3 Å². The minimum absolute atomic E-state index is 0.219. The molecule has 2 nitrogen and oxygen atoms in total. The van der Waals surface area contributed by atoms with Crippen LogP contribution in [0.1, 0.15) is 50.2 Å². The molecule has 3 heteroatoms. The molecule has 3 aromatic rings. The molecule has 3 aromatic carbocycles. The number of hydrogen-bond donors (Lipinski definition) is 0. The third-order valence-corrected chi connectivity index (χ3v) is 6.15. The first kappa shape index (κ1) is 22.9. The molecule has 0 heterocycles. The van der Waals surface area contributed by atoms with Crippen molar-refractivity contribution in [3.8, 4) is 0 Å². The minimum Gasteiger partial charge on any atom is -0.282 e. The predicted octanol–water partition coefficient (Wildman–Crippen LogP) is 7.62. The summed E-state index contributed by atoms with van der Waals surface area (Å²) in [4.78, 5) is 14.0. The van der Waals surface area contributed by atoms with Crippen LogP contribution in [0.15, 0.2) is 102 Å². The average Bonchev–Trinajstić information content (AvgIpc) is 2.83. The lowest BCUT2D eigenvalue weighted by molar-refractivity contribution is -0.126. The van der Waals surface area contributed by atoms with Gasteiger partial charge >= 0.3 is 0 Å². The zero-order valence-corrected chi connectivity index (χ0v) is 19.1. The summed E-state index contributed by atoms with van der Waals surface area (Å²) < 4.78 is 1.94. The van der Waals surface area contributed by atoms with Crippen molar-refractivity contribution in [2.75, 3.05) is 6.54 Å². The number of amides is 1. The van der Waals surface area contributed by atoms with Gasteiger partial charge in [0.15, 0.2) is 0 Å². The maximum absolute atomic E-state index is 12.9. The lowest BCUT2D eigenvalue weighted by Gasteiger charge is -2.21. The molecular formula is C28H31NOS. The quantitative estimate of drug-likeness (QED) is 0.231. The highest BCUT2D eigenvalue weighted by atomic mass is 32.2. The van der Waals surface area contributed by atoms with Crippen LogP contribution in [0, 0.1) is 0 Å². The molecule has 0 unspecified atom stereocenters. The zero-order chi connectivity index (χ0) is 21.7. The summed E-state index contributed by atoms with van der Waals surface area (Å²) in [7, 11) is 0. The Morgan fingerprint density at radius 3 is 1.90 bits per heavy atom. The van der Waals surface area contributed by atoms with Crippen molar-refractivity contribution in [1.29, 1.82) is 0 Å². The first-order chi connectivity index (χ1) is 15.3. The van der Waals surface area contributed by atoms with Gasteiger partial charge in [-0.25, -0.2) is 0 Å². The highest BCUT2D eigenvalue weighted by Crippen LogP contribution is 2.26. The molecule has 0 aliphatic rings. The van der Waals surface area contributed by atoms with Crippen molar-refractivity contribution in [3.05, 3.63) is 108 Å². The summed E-state index contributed by atoms with van der Waals surface area (Å²) in [6.45, 7) is 2.96. The van der Waals surface area contributed by atoms with Crippen LogP contribution in [0.2, 0.25) is 0 Å². The fourth-order valence-electron chi connectivity index (χ4n) is 3.39. The van der Waals surface area contributed by atoms with E-state index in [1.807, 2.05) is 34.6 Å². The third kappa shape index (κ3) is 7.45. The molecule has 0 bridgehead atoms. The van der Waals surface area contributed by atoms with Crippen LogP contribution in [0.5, 0.6) is 0 Å². The predicted molar refractivity (Wildman–Crippen MR) is 133 cm³/mol. The summed E-state index contributed by atoms with van der Waals surface area (Å²) in [6.07, 6.45) is 6.68. The zero-order valence-electron chi connectivity index (χ0n) is 18.2. The van der Waals surface area contributed by atoms with Gasteiger partial charge in [0.05, 0.1) is 0 Å². The molecule has 0 saturated heterocycles. The van der Waals surface area contributed by atoms with Gasteiger partial charge in [-0.05, 0) is 60.0 Å². The van der Waals surface area contributed by atoms with E-state index in [9.17, 15) is 4.79 Å². The average molecular weight is 430 g/mol. The van der Waals surface area contributed by atoms with Gasteiger partial charge in [-0.15, -0.1) is 0 Å². The van der Waals surface area contributed by atoms with Crippen molar-refractivity contribution in [3.63, 3.8) is 0 Å².